The van der Waals surface area contributed by atoms with Crippen LogP contribution in [0.5, 0.6) is 0 Å². The van der Waals surface area contributed by atoms with Crippen LogP contribution in [0.3, 0.4) is 0 Å². The topological polar surface area (TPSA) is 42.4 Å². The average Bonchev–Trinajstić information content (AvgIpc) is 2.31. The second-order valence-electron chi connectivity index (χ2n) is 3.70. The van der Waals surface area contributed by atoms with Crippen LogP contribution in [0.1, 0.15) is 24.9 Å². The molecule has 16 heavy (non-hydrogen) atoms. The SMILES string of the molecule is CC[C@H](c1ccncc1)N(C)CC(=O)OC. The van der Waals surface area contributed by atoms with Crippen LogP contribution >= 0.6 is 0 Å². The summed E-state index contributed by atoms with van der Waals surface area (Å²) in [6.45, 7) is 2.40. The van der Waals surface area contributed by atoms with Gasteiger partial charge in [-0.15, -0.1) is 0 Å². The summed E-state index contributed by atoms with van der Waals surface area (Å²) < 4.78 is 4.66. The minimum Gasteiger partial charge on any atom is -0.468 e. The molecular weight excluding hydrogens is 204 g/mol. The molecule has 0 aliphatic carbocycles. The summed E-state index contributed by atoms with van der Waals surface area (Å²) >= 11 is 0. The second-order valence-corrected chi connectivity index (χ2v) is 3.70. The molecule has 0 N–H and O–H groups in total. The van der Waals surface area contributed by atoms with Gasteiger partial charge in [0.1, 0.15) is 0 Å². The summed E-state index contributed by atoms with van der Waals surface area (Å²) in [5.74, 6) is -0.213. The van der Waals surface area contributed by atoms with Gasteiger partial charge in [0.25, 0.3) is 0 Å². The van der Waals surface area contributed by atoms with Crippen LogP contribution in [0, 0.1) is 0 Å². The zero-order valence-electron chi connectivity index (χ0n) is 10.0. The number of esters is 1. The average molecular weight is 222 g/mol. The van der Waals surface area contributed by atoms with E-state index in [0.29, 0.717) is 6.54 Å². The van der Waals surface area contributed by atoms with Gasteiger partial charge in [-0.05, 0) is 31.2 Å². The molecule has 0 aliphatic rings. The maximum absolute atomic E-state index is 11.2. The third-order valence-electron chi connectivity index (χ3n) is 2.62. The Morgan fingerprint density at radius 3 is 2.62 bits per heavy atom. The maximum atomic E-state index is 11.2. The first-order valence-corrected chi connectivity index (χ1v) is 5.36. The lowest BCUT2D eigenvalue weighted by Gasteiger charge is -2.26. The fourth-order valence-corrected chi connectivity index (χ4v) is 1.77. The van der Waals surface area contributed by atoms with Gasteiger partial charge in [0.15, 0.2) is 0 Å². The third-order valence-corrected chi connectivity index (χ3v) is 2.62. The van der Waals surface area contributed by atoms with Crippen molar-refractivity contribution in [3.63, 3.8) is 0 Å². The highest BCUT2D eigenvalue weighted by atomic mass is 16.5. The van der Waals surface area contributed by atoms with Crippen molar-refractivity contribution in [2.45, 2.75) is 19.4 Å². The highest BCUT2D eigenvalue weighted by molar-refractivity contribution is 5.71. The van der Waals surface area contributed by atoms with Gasteiger partial charge in [0.2, 0.25) is 0 Å². The van der Waals surface area contributed by atoms with Gasteiger partial charge in [0.05, 0.1) is 13.7 Å². The minimum absolute atomic E-state index is 0.213. The molecule has 1 aromatic heterocycles. The highest BCUT2D eigenvalue weighted by Crippen LogP contribution is 2.21. The summed E-state index contributed by atoms with van der Waals surface area (Å²) in [7, 11) is 3.33. The first-order chi connectivity index (χ1) is 7.69. The molecule has 0 amide bonds. The molecule has 0 aromatic carbocycles. The number of carbonyl (C=O) groups excluding carboxylic acids is 1. The molecule has 0 radical (unpaired) electrons. The molecule has 0 saturated heterocycles. The van der Waals surface area contributed by atoms with Crippen molar-refractivity contribution in [2.24, 2.45) is 0 Å². The molecular formula is C12H18N2O2. The smallest absolute Gasteiger partial charge is 0.319 e. The fraction of sp³-hybridized carbons (Fsp3) is 0.500. The molecule has 0 spiro atoms. The van der Waals surface area contributed by atoms with Crippen LogP contribution in [0.4, 0.5) is 0 Å². The Labute approximate surface area is 96.2 Å². The van der Waals surface area contributed by atoms with Crippen molar-refractivity contribution in [1.82, 2.24) is 9.88 Å². The van der Waals surface area contributed by atoms with E-state index in [1.807, 2.05) is 24.1 Å². The molecule has 88 valence electrons. The Balaban J connectivity index is 2.71. The largest absolute Gasteiger partial charge is 0.468 e. The Kier molecular flexibility index (Phi) is 4.92. The highest BCUT2D eigenvalue weighted by Gasteiger charge is 2.17. The maximum Gasteiger partial charge on any atom is 0.319 e. The fourth-order valence-electron chi connectivity index (χ4n) is 1.77. The Morgan fingerprint density at radius 2 is 2.12 bits per heavy atom. The van der Waals surface area contributed by atoms with E-state index >= 15 is 0 Å². The van der Waals surface area contributed by atoms with Crippen molar-refractivity contribution < 1.29 is 9.53 Å². The first kappa shape index (κ1) is 12.6. The lowest BCUT2D eigenvalue weighted by Crippen LogP contribution is -2.30. The van der Waals surface area contributed by atoms with E-state index < -0.39 is 0 Å². The van der Waals surface area contributed by atoms with Gasteiger partial charge in [-0.2, -0.15) is 0 Å². The zero-order chi connectivity index (χ0) is 12.0. The van der Waals surface area contributed by atoms with Crippen molar-refractivity contribution >= 4 is 5.97 Å². The van der Waals surface area contributed by atoms with Gasteiger partial charge in [-0.25, -0.2) is 0 Å². The predicted molar refractivity (Wildman–Crippen MR) is 61.9 cm³/mol. The molecule has 4 nitrogen and oxygen atoms in total. The van der Waals surface area contributed by atoms with Gasteiger partial charge in [0, 0.05) is 18.4 Å². The Hall–Kier alpha value is -1.42. The van der Waals surface area contributed by atoms with Crippen molar-refractivity contribution in [3.8, 4) is 0 Å². The predicted octanol–water partition coefficient (Wildman–Crippen LogP) is 1.64. The van der Waals surface area contributed by atoms with Crippen molar-refractivity contribution in [3.05, 3.63) is 30.1 Å². The van der Waals surface area contributed by atoms with Crippen LogP contribution in [0.15, 0.2) is 24.5 Å². The molecule has 1 aromatic rings. The van der Waals surface area contributed by atoms with Gasteiger partial charge >= 0.3 is 5.97 Å². The number of ether oxygens (including phenoxy) is 1. The minimum atomic E-state index is -0.213. The number of carbonyl (C=O) groups is 1. The summed E-state index contributed by atoms with van der Waals surface area (Å²) in [5.41, 5.74) is 1.17. The summed E-state index contributed by atoms with van der Waals surface area (Å²) in [4.78, 5) is 17.2. The van der Waals surface area contributed by atoms with E-state index in [0.717, 1.165) is 6.42 Å². The molecule has 1 rings (SSSR count). The molecule has 1 heterocycles. The van der Waals surface area contributed by atoms with Crippen molar-refractivity contribution in [1.29, 1.82) is 0 Å². The summed E-state index contributed by atoms with van der Waals surface area (Å²) in [6, 6.07) is 4.17. The van der Waals surface area contributed by atoms with E-state index in [1.165, 1.54) is 12.7 Å². The van der Waals surface area contributed by atoms with E-state index in [1.54, 1.807) is 12.4 Å². The monoisotopic (exact) mass is 222 g/mol. The lowest BCUT2D eigenvalue weighted by molar-refractivity contribution is -0.142. The number of aromatic nitrogens is 1. The molecule has 4 heteroatoms. The molecule has 0 fully saturated rings. The molecule has 0 unspecified atom stereocenters. The molecule has 1 atom stereocenters. The molecule has 0 bridgehead atoms. The van der Waals surface area contributed by atoms with E-state index in [2.05, 4.69) is 16.6 Å². The number of hydrogen-bond donors (Lipinski definition) is 0. The number of likely N-dealkylation sites (N-methyl/N-ethyl adjacent to an activating group) is 1. The van der Waals surface area contributed by atoms with Gasteiger partial charge in [-0.3, -0.25) is 14.7 Å². The van der Waals surface area contributed by atoms with Crippen LogP contribution in [-0.4, -0.2) is 36.6 Å². The van der Waals surface area contributed by atoms with E-state index in [9.17, 15) is 4.79 Å². The quantitative estimate of drug-likeness (QED) is 0.710. The summed E-state index contributed by atoms with van der Waals surface area (Å²) in [5, 5.41) is 0. The van der Waals surface area contributed by atoms with E-state index in [4.69, 9.17) is 0 Å². The van der Waals surface area contributed by atoms with Gasteiger partial charge < -0.3 is 4.74 Å². The molecule has 0 saturated carbocycles. The van der Waals surface area contributed by atoms with Crippen molar-refractivity contribution in [2.75, 3.05) is 20.7 Å². The Morgan fingerprint density at radius 1 is 1.50 bits per heavy atom. The first-order valence-electron chi connectivity index (χ1n) is 5.36. The number of nitrogens with zero attached hydrogens (tertiary/aromatic N) is 2. The van der Waals surface area contributed by atoms with Gasteiger partial charge in [-0.1, -0.05) is 6.92 Å². The lowest BCUT2D eigenvalue weighted by atomic mass is 10.0. The summed E-state index contributed by atoms with van der Waals surface area (Å²) in [6.07, 6.45) is 4.48. The Bertz CT molecular complexity index is 327. The van der Waals surface area contributed by atoms with Crippen LogP contribution in [0.2, 0.25) is 0 Å². The van der Waals surface area contributed by atoms with Crippen LogP contribution < -0.4 is 0 Å². The normalized spacial score (nSPS) is 12.5. The third kappa shape index (κ3) is 3.31. The number of hydrogen-bond acceptors (Lipinski definition) is 4. The zero-order valence-corrected chi connectivity index (χ0v) is 10.0. The second kappa shape index (κ2) is 6.23. The molecule has 0 aliphatic heterocycles. The van der Waals surface area contributed by atoms with Crippen LogP contribution in [0.25, 0.3) is 0 Å². The van der Waals surface area contributed by atoms with E-state index in [-0.39, 0.29) is 12.0 Å². The number of pyridine rings is 1. The number of rotatable bonds is 5. The van der Waals surface area contributed by atoms with Crippen LogP contribution in [-0.2, 0) is 9.53 Å². The number of methoxy groups -OCH3 is 1. The standard InChI is InChI=1S/C12H18N2O2/c1-4-11(10-5-7-13-8-6-10)14(2)9-12(15)16-3/h5-8,11H,4,9H2,1-3H3/t11-/m1/s1.